The Morgan fingerprint density at radius 1 is 1.06 bits per heavy atom. The van der Waals surface area contributed by atoms with Crippen LogP contribution in [0.5, 0.6) is 0 Å². The molecule has 6 heteroatoms. The van der Waals surface area contributed by atoms with E-state index in [1.165, 1.54) is 11.9 Å². The Bertz CT molecular complexity index is 563. The number of hydrogen-bond donors (Lipinski definition) is 4. The third kappa shape index (κ3) is 1.97. The molecule has 18 heavy (non-hydrogen) atoms. The molecule has 0 unspecified atom stereocenters. The van der Waals surface area contributed by atoms with Crippen LogP contribution in [0, 0.1) is 0 Å². The smallest absolute Gasteiger partial charge is 0.0915 e. The Labute approximate surface area is 109 Å². The number of hydrazine groups is 2. The van der Waals surface area contributed by atoms with E-state index in [4.69, 9.17) is 5.21 Å². The van der Waals surface area contributed by atoms with Gasteiger partial charge < -0.3 is 5.43 Å². The van der Waals surface area contributed by atoms with Crippen LogP contribution in [0.4, 0.5) is 17.1 Å². The molecule has 2 aromatic carbocycles. The van der Waals surface area contributed by atoms with Gasteiger partial charge in [-0.2, -0.15) is 0 Å². The number of nitrogens with zero attached hydrogens (tertiary/aromatic N) is 1. The molecular formula is C12H12N4OS. The average molecular weight is 260 g/mol. The van der Waals surface area contributed by atoms with E-state index in [9.17, 15) is 0 Å². The maximum Gasteiger partial charge on any atom is 0.0915 e. The lowest BCUT2D eigenvalue weighted by Crippen LogP contribution is -2.29. The standard InChI is InChI=1S/C12H12N4OS/c17-14-10-6-2-4-8-12(10)18-16-11-7-3-1-5-9(11)13-15-16/h1-8,13-15,17H. The van der Waals surface area contributed by atoms with Crippen molar-refractivity contribution < 1.29 is 5.21 Å². The van der Waals surface area contributed by atoms with E-state index in [-0.39, 0.29) is 0 Å². The molecule has 0 fully saturated rings. The summed E-state index contributed by atoms with van der Waals surface area (Å²) in [5.74, 6) is 0. The molecule has 0 amide bonds. The molecule has 0 aliphatic carbocycles. The molecule has 0 bridgehead atoms. The van der Waals surface area contributed by atoms with Gasteiger partial charge in [-0.1, -0.05) is 24.3 Å². The number of para-hydroxylation sites is 3. The first-order valence-corrected chi connectivity index (χ1v) is 6.24. The summed E-state index contributed by atoms with van der Waals surface area (Å²) in [6.45, 7) is 0. The molecule has 2 aromatic rings. The summed E-state index contributed by atoms with van der Waals surface area (Å²) in [4.78, 5) is 0.922. The zero-order chi connectivity index (χ0) is 12.4. The molecule has 1 aliphatic heterocycles. The number of fused-ring (bicyclic) bond motifs is 1. The molecule has 0 saturated heterocycles. The second-order valence-corrected chi connectivity index (χ2v) is 4.74. The predicted molar refractivity (Wildman–Crippen MR) is 73.4 cm³/mol. The van der Waals surface area contributed by atoms with E-state index >= 15 is 0 Å². The summed E-state index contributed by atoms with van der Waals surface area (Å²) in [6, 6.07) is 15.5. The number of hydrogen-bond acceptors (Lipinski definition) is 6. The maximum absolute atomic E-state index is 9.07. The van der Waals surface area contributed by atoms with Crippen molar-refractivity contribution in [2.75, 3.05) is 15.3 Å². The van der Waals surface area contributed by atoms with Gasteiger partial charge in [0.15, 0.2) is 0 Å². The summed E-state index contributed by atoms with van der Waals surface area (Å²) in [6.07, 6.45) is 0. The molecule has 1 aliphatic rings. The van der Waals surface area contributed by atoms with Crippen molar-refractivity contribution in [3.05, 3.63) is 48.5 Å². The van der Waals surface area contributed by atoms with E-state index in [0.29, 0.717) is 5.69 Å². The van der Waals surface area contributed by atoms with Crippen LogP contribution in [0.25, 0.3) is 0 Å². The van der Waals surface area contributed by atoms with Gasteiger partial charge in [-0.3, -0.25) is 10.7 Å². The fourth-order valence-corrected chi connectivity index (χ4v) is 2.63. The molecule has 0 spiro atoms. The molecule has 0 saturated carbocycles. The lowest BCUT2D eigenvalue weighted by atomic mass is 10.3. The minimum Gasteiger partial charge on any atom is -0.301 e. The Balaban J connectivity index is 1.86. The van der Waals surface area contributed by atoms with Crippen molar-refractivity contribution in [2.45, 2.75) is 4.90 Å². The van der Waals surface area contributed by atoms with E-state index < -0.39 is 0 Å². The summed E-state index contributed by atoms with van der Waals surface area (Å²) in [5, 5.41) is 9.07. The van der Waals surface area contributed by atoms with Crippen molar-refractivity contribution >= 4 is 29.0 Å². The molecule has 92 valence electrons. The lowest BCUT2D eigenvalue weighted by Gasteiger charge is -2.17. The van der Waals surface area contributed by atoms with Crippen LogP contribution in [0.1, 0.15) is 0 Å². The fraction of sp³-hybridized carbons (Fsp3) is 0. The second kappa shape index (κ2) is 4.77. The van der Waals surface area contributed by atoms with Gasteiger partial charge in [-0.25, -0.2) is 4.41 Å². The van der Waals surface area contributed by atoms with Crippen molar-refractivity contribution in [3.63, 3.8) is 0 Å². The first kappa shape index (κ1) is 11.2. The quantitative estimate of drug-likeness (QED) is 0.503. The highest BCUT2D eigenvalue weighted by Gasteiger charge is 2.19. The van der Waals surface area contributed by atoms with Crippen LogP contribution >= 0.6 is 11.9 Å². The van der Waals surface area contributed by atoms with Gasteiger partial charge in [0.25, 0.3) is 0 Å². The van der Waals surface area contributed by atoms with Gasteiger partial charge in [0.05, 0.1) is 22.0 Å². The largest absolute Gasteiger partial charge is 0.301 e. The Kier molecular flexibility index (Phi) is 2.97. The summed E-state index contributed by atoms with van der Waals surface area (Å²) >= 11 is 1.48. The third-order valence-electron chi connectivity index (χ3n) is 2.61. The highest BCUT2D eigenvalue weighted by atomic mass is 32.2. The molecular weight excluding hydrogens is 248 g/mol. The highest BCUT2D eigenvalue weighted by molar-refractivity contribution is 8.00. The van der Waals surface area contributed by atoms with Crippen LogP contribution in [0.3, 0.4) is 0 Å². The summed E-state index contributed by atoms with van der Waals surface area (Å²) in [7, 11) is 0. The lowest BCUT2D eigenvalue weighted by molar-refractivity contribution is 0.387. The van der Waals surface area contributed by atoms with Crippen molar-refractivity contribution in [1.29, 1.82) is 0 Å². The van der Waals surface area contributed by atoms with Gasteiger partial charge in [0.2, 0.25) is 0 Å². The number of benzene rings is 2. The van der Waals surface area contributed by atoms with Crippen molar-refractivity contribution in [2.24, 2.45) is 0 Å². The zero-order valence-corrected chi connectivity index (χ0v) is 10.2. The van der Waals surface area contributed by atoms with Crippen LogP contribution in [-0.4, -0.2) is 5.21 Å². The Morgan fingerprint density at radius 3 is 2.72 bits per heavy atom. The topological polar surface area (TPSA) is 59.6 Å². The normalized spacial score (nSPS) is 13.1. The summed E-state index contributed by atoms with van der Waals surface area (Å²) in [5.41, 5.74) is 11.1. The van der Waals surface area contributed by atoms with Crippen LogP contribution in [0.15, 0.2) is 53.4 Å². The second-order valence-electron chi connectivity index (χ2n) is 3.75. The van der Waals surface area contributed by atoms with Crippen molar-refractivity contribution in [3.8, 4) is 0 Å². The van der Waals surface area contributed by atoms with E-state index in [0.717, 1.165) is 16.3 Å². The van der Waals surface area contributed by atoms with Gasteiger partial charge in [-0.05, 0) is 24.3 Å². The molecule has 0 radical (unpaired) electrons. The fourth-order valence-electron chi connectivity index (χ4n) is 1.74. The Hall–Kier alpha value is -1.89. The monoisotopic (exact) mass is 260 g/mol. The summed E-state index contributed by atoms with van der Waals surface area (Å²) < 4.78 is 1.91. The zero-order valence-electron chi connectivity index (χ0n) is 9.42. The minimum absolute atomic E-state index is 0.675. The number of rotatable bonds is 3. The average Bonchev–Trinajstić information content (AvgIpc) is 2.83. The van der Waals surface area contributed by atoms with E-state index in [1.54, 1.807) is 0 Å². The first-order chi connectivity index (χ1) is 8.88. The number of nitrogens with one attached hydrogen (secondary N) is 3. The van der Waals surface area contributed by atoms with E-state index in [2.05, 4.69) is 16.4 Å². The van der Waals surface area contributed by atoms with Gasteiger partial charge in [0, 0.05) is 11.9 Å². The SMILES string of the molecule is ONc1ccccc1SN1NNc2ccccc21. The maximum atomic E-state index is 9.07. The number of anilines is 3. The van der Waals surface area contributed by atoms with Crippen LogP contribution < -0.4 is 20.9 Å². The third-order valence-corrected chi connectivity index (χ3v) is 3.64. The molecule has 0 atom stereocenters. The van der Waals surface area contributed by atoms with Gasteiger partial charge in [-0.15, -0.1) is 5.53 Å². The molecule has 0 aromatic heterocycles. The molecule has 3 rings (SSSR count). The van der Waals surface area contributed by atoms with Gasteiger partial charge in [0.1, 0.15) is 0 Å². The highest BCUT2D eigenvalue weighted by Crippen LogP contribution is 2.37. The predicted octanol–water partition coefficient (Wildman–Crippen LogP) is 2.85. The molecule has 1 heterocycles. The molecule has 5 nitrogen and oxygen atoms in total. The molecule has 4 N–H and O–H groups in total. The van der Waals surface area contributed by atoms with Crippen molar-refractivity contribution in [1.82, 2.24) is 5.53 Å². The van der Waals surface area contributed by atoms with E-state index in [1.807, 2.05) is 52.9 Å². The Morgan fingerprint density at radius 2 is 1.83 bits per heavy atom. The van der Waals surface area contributed by atoms with Gasteiger partial charge >= 0.3 is 0 Å². The van der Waals surface area contributed by atoms with Crippen LogP contribution in [0.2, 0.25) is 0 Å². The first-order valence-electron chi connectivity index (χ1n) is 5.46. The van der Waals surface area contributed by atoms with Crippen LogP contribution in [-0.2, 0) is 0 Å². The minimum atomic E-state index is 0.675.